The van der Waals surface area contributed by atoms with Crippen LogP contribution in [0.1, 0.15) is 5.56 Å². The molecule has 1 N–H and O–H groups in total. The van der Waals surface area contributed by atoms with Crippen molar-refractivity contribution in [2.75, 3.05) is 5.75 Å². The number of hydrogen-bond donors (Lipinski definition) is 1. The van der Waals surface area contributed by atoms with Crippen LogP contribution in [0.3, 0.4) is 0 Å². The molecule has 0 fully saturated rings. The molecule has 1 heterocycles. The molecule has 0 radical (unpaired) electrons. The molecule has 7 heteroatoms. The van der Waals surface area contributed by atoms with Gasteiger partial charge in [0.25, 0.3) is 5.69 Å². The highest BCUT2D eigenvalue weighted by atomic mass is 32.2. The van der Waals surface area contributed by atoms with Crippen molar-refractivity contribution in [2.45, 2.75) is 12.6 Å². The number of non-ortho nitro benzene ring substituents is 1. The summed E-state index contributed by atoms with van der Waals surface area (Å²) in [4.78, 5) is 10.0. The predicted octanol–water partition coefficient (Wildman–Crippen LogP) is 0.995. The number of benzene rings is 1. The first-order chi connectivity index (χ1) is 8.46. The topological polar surface area (TPSA) is 89.3 Å². The van der Waals surface area contributed by atoms with Crippen LogP contribution in [-0.4, -0.2) is 25.1 Å². The van der Waals surface area contributed by atoms with E-state index < -0.39 is 14.8 Å². The largest absolute Gasteiger partial charge is 0.305 e. The second kappa shape index (κ2) is 4.87. The van der Waals surface area contributed by atoms with Crippen LogP contribution < -0.4 is 5.32 Å². The second-order valence-electron chi connectivity index (χ2n) is 4.07. The molecule has 6 nitrogen and oxygen atoms in total. The van der Waals surface area contributed by atoms with Gasteiger partial charge in [0.2, 0.25) is 0 Å². The molecule has 0 saturated carbocycles. The van der Waals surface area contributed by atoms with Crippen molar-refractivity contribution in [3.8, 4) is 0 Å². The Hall–Kier alpha value is -1.73. The number of nitro benzene ring substituents is 1. The van der Waals surface area contributed by atoms with Gasteiger partial charge in [-0.15, -0.1) is 0 Å². The van der Waals surface area contributed by atoms with Crippen LogP contribution in [-0.2, 0) is 16.4 Å². The van der Waals surface area contributed by atoms with Crippen LogP contribution in [0.25, 0.3) is 0 Å². The van der Waals surface area contributed by atoms with Gasteiger partial charge in [-0.2, -0.15) is 0 Å². The fourth-order valence-corrected chi connectivity index (χ4v) is 2.96. The molecule has 0 amide bonds. The van der Waals surface area contributed by atoms with Crippen LogP contribution in [0.2, 0.25) is 0 Å². The van der Waals surface area contributed by atoms with Crippen LogP contribution in [0.15, 0.2) is 35.7 Å². The van der Waals surface area contributed by atoms with E-state index in [2.05, 4.69) is 5.32 Å². The minimum atomic E-state index is -3.05. The number of nitrogens with zero attached hydrogens (tertiary/aromatic N) is 1. The van der Waals surface area contributed by atoms with Crippen LogP contribution in [0, 0.1) is 10.1 Å². The molecule has 1 aromatic carbocycles. The normalized spacial score (nSPS) is 21.0. The average Bonchev–Trinajstić information content (AvgIpc) is 2.67. The number of hydrogen-bond acceptors (Lipinski definition) is 5. The fraction of sp³-hybridized carbons (Fsp3) is 0.273. The SMILES string of the molecule is O=[N+]([O-])c1ccc(CN[C@@H]2C=CS(=O)(=O)C2)cc1. The van der Waals surface area contributed by atoms with Gasteiger partial charge >= 0.3 is 0 Å². The Morgan fingerprint density at radius 1 is 1.33 bits per heavy atom. The Kier molecular flexibility index (Phi) is 3.44. The van der Waals surface area contributed by atoms with E-state index in [-0.39, 0.29) is 17.5 Å². The summed E-state index contributed by atoms with van der Waals surface area (Å²) in [5.41, 5.74) is 0.917. The van der Waals surface area contributed by atoms with Crippen molar-refractivity contribution in [1.29, 1.82) is 0 Å². The minimum Gasteiger partial charge on any atom is -0.305 e. The van der Waals surface area contributed by atoms with Crippen LogP contribution in [0.4, 0.5) is 5.69 Å². The Bertz CT molecular complexity index is 578. The molecule has 96 valence electrons. The minimum absolute atomic E-state index is 0.0436. The molecule has 0 unspecified atom stereocenters. The van der Waals surface area contributed by atoms with Gasteiger partial charge in [-0.1, -0.05) is 18.2 Å². The number of nitrogens with one attached hydrogen (secondary N) is 1. The standard InChI is InChI=1S/C11H12N2O4S/c14-13(15)11-3-1-9(2-4-11)7-12-10-5-6-18(16,17)8-10/h1-6,10,12H,7-8H2/t10-/m1/s1. The molecule has 1 aliphatic rings. The first kappa shape index (κ1) is 12.7. The predicted molar refractivity (Wildman–Crippen MR) is 66.7 cm³/mol. The summed E-state index contributed by atoms with van der Waals surface area (Å²) in [7, 11) is -3.05. The zero-order valence-corrected chi connectivity index (χ0v) is 10.3. The third-order valence-electron chi connectivity index (χ3n) is 2.65. The molecule has 1 aromatic rings. The molecule has 0 bridgehead atoms. The van der Waals surface area contributed by atoms with E-state index in [1.807, 2.05) is 0 Å². The highest BCUT2D eigenvalue weighted by Gasteiger charge is 2.20. The van der Waals surface area contributed by atoms with Crippen LogP contribution in [0.5, 0.6) is 0 Å². The van der Waals surface area contributed by atoms with Gasteiger partial charge in [0.05, 0.1) is 10.7 Å². The van der Waals surface area contributed by atoms with E-state index >= 15 is 0 Å². The zero-order chi connectivity index (χ0) is 13.2. The summed E-state index contributed by atoms with van der Waals surface area (Å²) in [6, 6.07) is 5.97. The maximum Gasteiger partial charge on any atom is 0.269 e. The highest BCUT2D eigenvalue weighted by molar-refractivity contribution is 7.94. The van der Waals surface area contributed by atoms with Crippen molar-refractivity contribution in [3.63, 3.8) is 0 Å². The second-order valence-corrected chi connectivity index (χ2v) is 6.00. The molecule has 0 aliphatic carbocycles. The summed E-state index contributed by atoms with van der Waals surface area (Å²) in [5, 5.41) is 14.7. The maximum absolute atomic E-state index is 11.2. The Morgan fingerprint density at radius 2 is 2.00 bits per heavy atom. The number of nitro groups is 1. The Balaban J connectivity index is 1.91. The maximum atomic E-state index is 11.2. The molecule has 1 atom stereocenters. The molecular weight excluding hydrogens is 256 g/mol. The van der Waals surface area contributed by atoms with Gasteiger partial charge in [0.15, 0.2) is 9.84 Å². The highest BCUT2D eigenvalue weighted by Crippen LogP contribution is 2.13. The summed E-state index contributed by atoms with van der Waals surface area (Å²) >= 11 is 0. The number of rotatable bonds is 4. The van der Waals surface area contributed by atoms with Crippen LogP contribution >= 0.6 is 0 Å². The first-order valence-electron chi connectivity index (χ1n) is 5.34. The molecule has 0 aromatic heterocycles. The van der Waals surface area contributed by atoms with Crippen molar-refractivity contribution in [2.24, 2.45) is 0 Å². The van der Waals surface area contributed by atoms with Gasteiger partial charge < -0.3 is 5.32 Å². The van der Waals surface area contributed by atoms with Crippen molar-refractivity contribution in [3.05, 3.63) is 51.4 Å². The lowest BCUT2D eigenvalue weighted by atomic mass is 10.2. The molecule has 18 heavy (non-hydrogen) atoms. The first-order valence-corrected chi connectivity index (χ1v) is 7.05. The van der Waals surface area contributed by atoms with E-state index in [1.54, 1.807) is 18.2 Å². The lowest BCUT2D eigenvalue weighted by Crippen LogP contribution is -2.29. The van der Waals surface area contributed by atoms with Crippen molar-refractivity contribution >= 4 is 15.5 Å². The van der Waals surface area contributed by atoms with Gasteiger partial charge in [-0.05, 0) is 5.56 Å². The lowest BCUT2D eigenvalue weighted by molar-refractivity contribution is -0.384. The molecule has 0 spiro atoms. The lowest BCUT2D eigenvalue weighted by Gasteiger charge is -2.09. The third kappa shape index (κ3) is 3.14. The molecule has 1 aliphatic heterocycles. The fourth-order valence-electron chi connectivity index (χ4n) is 1.69. The van der Waals surface area contributed by atoms with Gasteiger partial charge in [0, 0.05) is 30.1 Å². The Labute approximate surface area is 104 Å². The molecule has 0 saturated heterocycles. The quantitative estimate of drug-likeness (QED) is 0.650. The van der Waals surface area contributed by atoms with E-state index in [0.717, 1.165) is 5.56 Å². The van der Waals surface area contributed by atoms with E-state index in [0.29, 0.717) is 6.54 Å². The average molecular weight is 268 g/mol. The van der Waals surface area contributed by atoms with E-state index in [1.165, 1.54) is 17.5 Å². The smallest absolute Gasteiger partial charge is 0.269 e. The van der Waals surface area contributed by atoms with Gasteiger partial charge in [-0.3, -0.25) is 10.1 Å². The Morgan fingerprint density at radius 3 is 2.50 bits per heavy atom. The summed E-state index contributed by atoms with van der Waals surface area (Å²) < 4.78 is 22.3. The summed E-state index contributed by atoms with van der Waals surface area (Å²) in [6.45, 7) is 0.475. The number of sulfone groups is 1. The third-order valence-corrected chi connectivity index (χ3v) is 4.04. The summed E-state index contributed by atoms with van der Waals surface area (Å²) in [5.74, 6) is 0.0694. The van der Waals surface area contributed by atoms with E-state index in [9.17, 15) is 18.5 Å². The van der Waals surface area contributed by atoms with Crippen molar-refractivity contribution in [1.82, 2.24) is 5.32 Å². The van der Waals surface area contributed by atoms with Gasteiger partial charge in [0.1, 0.15) is 0 Å². The zero-order valence-electron chi connectivity index (χ0n) is 9.44. The van der Waals surface area contributed by atoms with Gasteiger partial charge in [-0.25, -0.2) is 8.42 Å². The van der Waals surface area contributed by atoms with E-state index in [4.69, 9.17) is 0 Å². The summed E-state index contributed by atoms with van der Waals surface area (Å²) in [6.07, 6.45) is 1.61. The molecular formula is C11H12N2O4S. The monoisotopic (exact) mass is 268 g/mol. The van der Waals surface area contributed by atoms with Crippen molar-refractivity contribution < 1.29 is 13.3 Å². The molecule has 2 rings (SSSR count).